The molecule has 0 bridgehead atoms. The van der Waals surface area contributed by atoms with E-state index in [4.69, 9.17) is 15.6 Å². The van der Waals surface area contributed by atoms with Gasteiger partial charge in [0.25, 0.3) is 0 Å². The largest absolute Gasteiger partial charge is 0.449 e. The van der Waals surface area contributed by atoms with Crippen LogP contribution in [0.15, 0.2) is 48.5 Å². The van der Waals surface area contributed by atoms with Crippen molar-refractivity contribution in [1.29, 1.82) is 0 Å². The zero-order valence-corrected chi connectivity index (χ0v) is 15.2. The average Bonchev–Trinajstić information content (AvgIpc) is 2.99. The highest BCUT2D eigenvalue weighted by atomic mass is 16.5. The van der Waals surface area contributed by atoms with E-state index in [-0.39, 0.29) is 5.92 Å². The van der Waals surface area contributed by atoms with Gasteiger partial charge in [0.05, 0.1) is 0 Å². The molecule has 0 spiro atoms. The van der Waals surface area contributed by atoms with E-state index in [2.05, 4.69) is 24.3 Å². The van der Waals surface area contributed by atoms with E-state index in [0.717, 1.165) is 7.11 Å². The van der Waals surface area contributed by atoms with Crippen molar-refractivity contribution in [2.75, 3.05) is 13.7 Å². The summed E-state index contributed by atoms with van der Waals surface area (Å²) in [6.07, 6.45) is -0.725. The number of aliphatic hydroxyl groups is 1. The zero-order valence-electron chi connectivity index (χ0n) is 15.2. The maximum atomic E-state index is 10.8. The molecule has 2 aromatic rings. The smallest absolute Gasteiger partial charge is 0.404 e. The quantitative estimate of drug-likeness (QED) is 0.847. The van der Waals surface area contributed by atoms with Crippen LogP contribution in [0.3, 0.4) is 0 Å². The predicted molar refractivity (Wildman–Crippen MR) is 100 cm³/mol. The fraction of sp³-hybridized carbons (Fsp3) is 0.350. The third-order valence-electron chi connectivity index (χ3n) is 3.35. The molecule has 0 saturated heterocycles. The number of fused-ring (bicyclic) bond motifs is 3. The molecular weight excluding hydrogens is 302 g/mol. The number of rotatable bonds is 2. The second kappa shape index (κ2) is 12.1. The molecule has 1 amide bonds. The van der Waals surface area contributed by atoms with Gasteiger partial charge in [-0.3, -0.25) is 0 Å². The Bertz CT molecular complexity index is 566. The Morgan fingerprint density at radius 3 is 1.67 bits per heavy atom. The maximum Gasteiger partial charge on any atom is 0.404 e. The molecule has 3 N–H and O–H groups in total. The highest BCUT2D eigenvalue weighted by Crippen LogP contribution is 2.44. The summed E-state index contributed by atoms with van der Waals surface area (Å²) in [5, 5.41) is 7.00. The Hall–Kier alpha value is -2.33. The average molecular weight is 331 g/mol. The number of benzene rings is 2. The number of hydrogen-bond acceptors (Lipinski definition) is 3. The van der Waals surface area contributed by atoms with Crippen LogP contribution in [0.4, 0.5) is 4.79 Å². The molecule has 1 aliphatic carbocycles. The molecule has 0 saturated carbocycles. The summed E-state index contributed by atoms with van der Waals surface area (Å²) >= 11 is 0. The first kappa shape index (κ1) is 21.7. The van der Waals surface area contributed by atoms with Crippen LogP contribution in [0.25, 0.3) is 11.1 Å². The molecule has 0 unspecified atom stereocenters. The molecule has 4 nitrogen and oxygen atoms in total. The first-order valence-electron chi connectivity index (χ1n) is 8.32. The SMILES string of the molecule is CC.CC.CO.NC(=O)OCC1c2ccccc2-c2ccccc21. The first-order valence-corrected chi connectivity index (χ1v) is 8.32. The van der Waals surface area contributed by atoms with Crippen LogP contribution >= 0.6 is 0 Å². The number of hydrogen-bond donors (Lipinski definition) is 2. The lowest BCUT2D eigenvalue weighted by molar-refractivity contribution is 0.153. The Kier molecular flexibility index (Phi) is 11.0. The van der Waals surface area contributed by atoms with Gasteiger partial charge in [-0.2, -0.15) is 0 Å². The molecule has 0 heterocycles. The molecule has 3 rings (SSSR count). The van der Waals surface area contributed by atoms with Gasteiger partial charge in [-0.25, -0.2) is 4.79 Å². The van der Waals surface area contributed by atoms with Crippen LogP contribution in [0.5, 0.6) is 0 Å². The van der Waals surface area contributed by atoms with Crippen molar-refractivity contribution in [3.05, 3.63) is 59.7 Å². The van der Waals surface area contributed by atoms with E-state index in [1.54, 1.807) is 0 Å². The van der Waals surface area contributed by atoms with Crippen LogP contribution in [-0.2, 0) is 4.74 Å². The van der Waals surface area contributed by atoms with Gasteiger partial charge in [0.2, 0.25) is 0 Å². The van der Waals surface area contributed by atoms with E-state index in [1.807, 2.05) is 52.0 Å². The van der Waals surface area contributed by atoms with E-state index in [9.17, 15) is 4.79 Å². The number of carbonyl (C=O) groups excluding carboxylic acids is 1. The number of ether oxygens (including phenoxy) is 1. The molecule has 2 aromatic carbocycles. The molecule has 0 fully saturated rings. The second-order valence-electron chi connectivity index (χ2n) is 4.36. The number of amides is 1. The molecule has 0 aliphatic heterocycles. The summed E-state index contributed by atoms with van der Waals surface area (Å²) < 4.78 is 4.98. The van der Waals surface area contributed by atoms with Crippen molar-refractivity contribution < 1.29 is 14.6 Å². The molecule has 4 heteroatoms. The van der Waals surface area contributed by atoms with E-state index in [1.165, 1.54) is 22.3 Å². The third kappa shape index (κ3) is 5.10. The number of nitrogens with two attached hydrogens (primary N) is 1. The predicted octanol–water partition coefficient (Wildman–Crippen LogP) is 4.56. The van der Waals surface area contributed by atoms with Crippen LogP contribution in [0, 0.1) is 0 Å². The van der Waals surface area contributed by atoms with Crippen LogP contribution in [0.2, 0.25) is 0 Å². The van der Waals surface area contributed by atoms with Crippen molar-refractivity contribution >= 4 is 6.09 Å². The molecule has 0 aromatic heterocycles. The van der Waals surface area contributed by atoms with Crippen molar-refractivity contribution in [3.8, 4) is 11.1 Å². The van der Waals surface area contributed by atoms with E-state index >= 15 is 0 Å². The number of aliphatic hydroxyl groups excluding tert-OH is 1. The molecule has 24 heavy (non-hydrogen) atoms. The minimum atomic E-state index is -0.725. The van der Waals surface area contributed by atoms with Crippen molar-refractivity contribution in [2.45, 2.75) is 33.6 Å². The van der Waals surface area contributed by atoms with Crippen molar-refractivity contribution in [2.24, 2.45) is 5.73 Å². The van der Waals surface area contributed by atoms with Crippen molar-refractivity contribution in [1.82, 2.24) is 0 Å². The van der Waals surface area contributed by atoms with Crippen molar-refractivity contribution in [3.63, 3.8) is 0 Å². The fourth-order valence-corrected chi connectivity index (χ4v) is 2.60. The van der Waals surface area contributed by atoms with E-state index < -0.39 is 6.09 Å². The van der Waals surface area contributed by atoms with E-state index in [0.29, 0.717) is 6.61 Å². The second-order valence-corrected chi connectivity index (χ2v) is 4.36. The van der Waals surface area contributed by atoms with Gasteiger partial charge in [-0.05, 0) is 22.3 Å². The Morgan fingerprint density at radius 1 is 0.917 bits per heavy atom. The molecule has 1 aliphatic rings. The Balaban J connectivity index is 0.000000798. The van der Waals surface area contributed by atoms with Gasteiger partial charge in [-0.1, -0.05) is 76.2 Å². The molecule has 0 atom stereocenters. The summed E-state index contributed by atoms with van der Waals surface area (Å²) in [7, 11) is 1.00. The lowest BCUT2D eigenvalue weighted by Crippen LogP contribution is -2.17. The lowest BCUT2D eigenvalue weighted by Gasteiger charge is -2.12. The van der Waals surface area contributed by atoms with Crippen LogP contribution in [0.1, 0.15) is 44.7 Å². The summed E-state index contributed by atoms with van der Waals surface area (Å²) in [5.41, 5.74) is 9.87. The van der Waals surface area contributed by atoms with Gasteiger partial charge >= 0.3 is 6.09 Å². The Labute approximate surface area is 145 Å². The minimum Gasteiger partial charge on any atom is -0.449 e. The van der Waals surface area contributed by atoms with Gasteiger partial charge in [0.1, 0.15) is 6.61 Å². The monoisotopic (exact) mass is 331 g/mol. The molecule has 132 valence electrons. The lowest BCUT2D eigenvalue weighted by atomic mass is 9.98. The maximum absolute atomic E-state index is 10.8. The highest BCUT2D eigenvalue weighted by Gasteiger charge is 2.28. The number of primary amides is 1. The summed E-state index contributed by atoms with van der Waals surface area (Å²) in [4.78, 5) is 10.8. The van der Waals surface area contributed by atoms with Gasteiger partial charge in [-0.15, -0.1) is 0 Å². The normalized spacial score (nSPS) is 10.4. The summed E-state index contributed by atoms with van der Waals surface area (Å²) in [6.45, 7) is 8.30. The third-order valence-corrected chi connectivity index (χ3v) is 3.35. The topological polar surface area (TPSA) is 72.5 Å². The van der Waals surface area contributed by atoms with Crippen LogP contribution < -0.4 is 5.73 Å². The molecule has 0 radical (unpaired) electrons. The van der Waals surface area contributed by atoms with Gasteiger partial charge < -0.3 is 15.6 Å². The standard InChI is InChI=1S/C15H13NO2.2C2H6.CH4O/c16-15(17)18-9-14-12-7-3-1-5-10(12)11-6-2-4-8-13(11)14;3*1-2/h1-8,14H,9H2,(H2,16,17);2*1-2H3;2H,1H3. The minimum absolute atomic E-state index is 0.0879. The van der Waals surface area contributed by atoms with Gasteiger partial charge in [0.15, 0.2) is 0 Å². The Morgan fingerprint density at radius 2 is 1.29 bits per heavy atom. The first-order chi connectivity index (χ1) is 11.8. The molecular formula is C20H29NO3. The highest BCUT2D eigenvalue weighted by molar-refractivity contribution is 5.79. The fourth-order valence-electron chi connectivity index (χ4n) is 2.60. The van der Waals surface area contributed by atoms with Crippen LogP contribution in [-0.4, -0.2) is 24.9 Å². The number of carbonyl (C=O) groups is 1. The summed E-state index contributed by atoms with van der Waals surface area (Å²) in [5.74, 6) is 0.0879. The zero-order chi connectivity index (χ0) is 18.5. The van der Waals surface area contributed by atoms with Gasteiger partial charge in [0, 0.05) is 13.0 Å². The summed E-state index contributed by atoms with van der Waals surface area (Å²) in [6, 6.07) is 16.4.